The van der Waals surface area contributed by atoms with Crippen molar-refractivity contribution in [1.82, 2.24) is 9.88 Å². The highest BCUT2D eigenvalue weighted by atomic mass is 79.9. The van der Waals surface area contributed by atoms with E-state index in [0.717, 1.165) is 33.1 Å². The number of carbonyl (C=O) groups is 3. The molecule has 0 radical (unpaired) electrons. The van der Waals surface area contributed by atoms with Gasteiger partial charge in [-0.3, -0.25) is 24.3 Å². The Bertz CT molecular complexity index is 1600. The lowest BCUT2D eigenvalue weighted by molar-refractivity contribution is -0.127. The van der Waals surface area contributed by atoms with Crippen molar-refractivity contribution in [1.29, 1.82) is 0 Å². The summed E-state index contributed by atoms with van der Waals surface area (Å²) in [4.78, 5) is 43.8. The topological polar surface area (TPSA) is 97.8 Å². The lowest BCUT2D eigenvalue weighted by atomic mass is 10.1. The van der Waals surface area contributed by atoms with Gasteiger partial charge in [0.15, 0.2) is 11.5 Å². The molecule has 3 aromatic carbocycles. The first-order valence-corrected chi connectivity index (χ1v) is 13.5. The smallest absolute Gasteiger partial charge is 0.294 e. The summed E-state index contributed by atoms with van der Waals surface area (Å²) in [5.74, 6) is -0.0730. The number of rotatable bonds is 8. The zero-order chi connectivity index (χ0) is 27.4. The number of methoxy groups -OCH3 is 1. The highest BCUT2D eigenvalue weighted by Gasteiger charge is 2.36. The van der Waals surface area contributed by atoms with E-state index in [0.29, 0.717) is 27.2 Å². The number of hydrogen-bond acceptors (Lipinski definition) is 7. The number of amides is 3. The van der Waals surface area contributed by atoms with E-state index in [2.05, 4.69) is 26.2 Å². The van der Waals surface area contributed by atoms with Crippen LogP contribution in [0.2, 0.25) is 0 Å². The number of benzene rings is 3. The molecule has 1 aromatic heterocycles. The fraction of sp³-hybridized carbons (Fsp3) is 0.103. The summed E-state index contributed by atoms with van der Waals surface area (Å²) in [5.41, 5.74) is 1.99. The lowest BCUT2D eigenvalue weighted by Gasteiger charge is -2.14. The van der Waals surface area contributed by atoms with Crippen molar-refractivity contribution in [2.75, 3.05) is 19.0 Å². The van der Waals surface area contributed by atoms with Crippen LogP contribution in [0.3, 0.4) is 0 Å². The molecule has 0 bridgehead atoms. The number of thioether (sulfide) groups is 1. The van der Waals surface area contributed by atoms with Crippen LogP contribution in [0.5, 0.6) is 11.5 Å². The molecule has 0 unspecified atom stereocenters. The Morgan fingerprint density at radius 2 is 1.87 bits per heavy atom. The zero-order valence-electron chi connectivity index (χ0n) is 20.7. The number of anilines is 1. The van der Waals surface area contributed by atoms with Crippen molar-refractivity contribution in [3.05, 3.63) is 99.6 Å². The van der Waals surface area contributed by atoms with Crippen molar-refractivity contribution >= 4 is 67.3 Å². The molecule has 1 N–H and O–H groups in total. The van der Waals surface area contributed by atoms with Crippen molar-refractivity contribution in [3.63, 3.8) is 0 Å². The van der Waals surface area contributed by atoms with Crippen molar-refractivity contribution in [3.8, 4) is 11.5 Å². The Kier molecular flexibility index (Phi) is 7.94. The van der Waals surface area contributed by atoms with Crippen LogP contribution in [0, 0.1) is 0 Å². The molecule has 1 aliphatic heterocycles. The molecular formula is C29H22BrN3O5S. The van der Waals surface area contributed by atoms with Crippen LogP contribution in [0.1, 0.15) is 11.3 Å². The Morgan fingerprint density at radius 1 is 1.08 bits per heavy atom. The minimum absolute atomic E-state index is 0.203. The maximum atomic E-state index is 13.0. The summed E-state index contributed by atoms with van der Waals surface area (Å²) in [6.07, 6.45) is 3.28. The second-order valence-electron chi connectivity index (χ2n) is 8.49. The van der Waals surface area contributed by atoms with E-state index in [1.165, 1.54) is 7.11 Å². The van der Waals surface area contributed by atoms with Gasteiger partial charge in [0.1, 0.15) is 13.2 Å². The summed E-state index contributed by atoms with van der Waals surface area (Å²) in [6, 6.07) is 22.2. The third-order valence-corrected chi connectivity index (χ3v) is 7.38. The molecule has 1 saturated heterocycles. The van der Waals surface area contributed by atoms with Crippen LogP contribution in [0.15, 0.2) is 88.4 Å². The van der Waals surface area contributed by atoms with Gasteiger partial charge in [0, 0.05) is 17.3 Å². The summed E-state index contributed by atoms with van der Waals surface area (Å²) >= 11 is 4.29. The van der Waals surface area contributed by atoms with Crippen LogP contribution < -0.4 is 14.8 Å². The predicted molar refractivity (Wildman–Crippen MR) is 155 cm³/mol. The number of pyridine rings is 1. The number of ether oxygens (including phenoxy) is 2. The molecule has 0 saturated carbocycles. The molecule has 1 fully saturated rings. The van der Waals surface area contributed by atoms with Gasteiger partial charge >= 0.3 is 0 Å². The monoisotopic (exact) mass is 603 g/mol. The number of halogens is 1. The Labute approximate surface area is 237 Å². The summed E-state index contributed by atoms with van der Waals surface area (Å²) in [5, 5.41) is 4.14. The summed E-state index contributed by atoms with van der Waals surface area (Å²) < 4.78 is 12.0. The van der Waals surface area contributed by atoms with Gasteiger partial charge < -0.3 is 14.8 Å². The fourth-order valence-corrected chi connectivity index (χ4v) is 5.46. The van der Waals surface area contributed by atoms with Gasteiger partial charge in [0.2, 0.25) is 5.91 Å². The minimum atomic E-state index is -0.538. The van der Waals surface area contributed by atoms with Crippen LogP contribution in [-0.4, -0.2) is 40.6 Å². The van der Waals surface area contributed by atoms with E-state index >= 15 is 0 Å². The fourth-order valence-electron chi connectivity index (χ4n) is 4.05. The van der Waals surface area contributed by atoms with Gasteiger partial charge in [-0.25, -0.2) is 0 Å². The Hall–Kier alpha value is -4.15. The number of nitrogens with zero attached hydrogens (tertiary/aromatic N) is 2. The molecule has 0 spiro atoms. The molecule has 2 heterocycles. The first kappa shape index (κ1) is 26.5. The second kappa shape index (κ2) is 11.7. The molecule has 4 aromatic rings. The molecular weight excluding hydrogens is 582 g/mol. The lowest BCUT2D eigenvalue weighted by Crippen LogP contribution is -2.36. The van der Waals surface area contributed by atoms with Gasteiger partial charge in [-0.15, -0.1) is 0 Å². The zero-order valence-corrected chi connectivity index (χ0v) is 23.1. The molecule has 3 amide bonds. The van der Waals surface area contributed by atoms with E-state index in [4.69, 9.17) is 9.47 Å². The van der Waals surface area contributed by atoms with Crippen LogP contribution in [0.25, 0.3) is 16.8 Å². The van der Waals surface area contributed by atoms with E-state index < -0.39 is 23.6 Å². The maximum absolute atomic E-state index is 13.0. The number of aromatic nitrogens is 1. The van der Waals surface area contributed by atoms with Gasteiger partial charge in [-0.05, 0) is 75.0 Å². The first-order valence-electron chi connectivity index (χ1n) is 11.9. The summed E-state index contributed by atoms with van der Waals surface area (Å²) in [6.45, 7) is -0.145. The SMILES string of the molecule is COc1cc(/C=C2/SC(=O)N(CC(=O)Nc3cccc4ccccc34)C2=O)cc(Br)c1OCc1ccccn1. The predicted octanol–water partition coefficient (Wildman–Crippen LogP) is 6.26. The average molecular weight is 604 g/mol. The Balaban J connectivity index is 1.29. The molecule has 39 heavy (non-hydrogen) atoms. The van der Waals surface area contributed by atoms with Gasteiger partial charge in [-0.1, -0.05) is 42.5 Å². The second-order valence-corrected chi connectivity index (χ2v) is 10.3. The van der Waals surface area contributed by atoms with Gasteiger partial charge in [0.25, 0.3) is 11.1 Å². The quantitative estimate of drug-likeness (QED) is 0.237. The van der Waals surface area contributed by atoms with Crippen molar-refractivity contribution in [2.45, 2.75) is 6.61 Å². The van der Waals surface area contributed by atoms with E-state index in [9.17, 15) is 14.4 Å². The van der Waals surface area contributed by atoms with Crippen LogP contribution in [-0.2, 0) is 16.2 Å². The largest absolute Gasteiger partial charge is 0.493 e. The minimum Gasteiger partial charge on any atom is -0.493 e. The van der Waals surface area contributed by atoms with Crippen LogP contribution in [0.4, 0.5) is 10.5 Å². The third-order valence-electron chi connectivity index (χ3n) is 5.88. The number of imide groups is 1. The third kappa shape index (κ3) is 5.97. The molecule has 0 atom stereocenters. The average Bonchev–Trinajstić information content (AvgIpc) is 3.20. The molecule has 8 nitrogen and oxygen atoms in total. The number of hydrogen-bond donors (Lipinski definition) is 1. The molecule has 1 aliphatic rings. The van der Waals surface area contributed by atoms with Gasteiger partial charge in [-0.2, -0.15) is 0 Å². The van der Waals surface area contributed by atoms with Crippen molar-refractivity contribution in [2.24, 2.45) is 0 Å². The van der Waals surface area contributed by atoms with Crippen molar-refractivity contribution < 1.29 is 23.9 Å². The highest BCUT2D eigenvalue weighted by molar-refractivity contribution is 9.10. The molecule has 5 rings (SSSR count). The number of carbonyl (C=O) groups excluding carboxylic acids is 3. The van der Waals surface area contributed by atoms with E-state index in [1.807, 2.05) is 54.6 Å². The highest BCUT2D eigenvalue weighted by Crippen LogP contribution is 2.39. The van der Waals surface area contributed by atoms with Crippen LogP contribution >= 0.6 is 27.7 Å². The standard InChI is InChI=1S/C29H22BrN3O5S/c1-37-24-14-18(13-22(30)27(24)38-17-20-9-4-5-12-31-20)15-25-28(35)33(29(36)39-25)16-26(34)32-23-11-6-8-19-7-2-3-10-21(19)23/h2-15H,16-17H2,1H3,(H,32,34)/b25-15+. The van der Waals surface area contributed by atoms with Gasteiger partial charge in [0.05, 0.1) is 22.2 Å². The first-order chi connectivity index (χ1) is 18.9. The number of fused-ring (bicyclic) bond motifs is 1. The van der Waals surface area contributed by atoms with E-state index in [1.54, 1.807) is 30.5 Å². The van der Waals surface area contributed by atoms with E-state index in [-0.39, 0.29) is 11.5 Å². The summed E-state index contributed by atoms with van der Waals surface area (Å²) in [7, 11) is 1.52. The number of nitrogens with one attached hydrogen (secondary N) is 1. The molecule has 0 aliphatic carbocycles. The molecule has 196 valence electrons. The maximum Gasteiger partial charge on any atom is 0.294 e. The Morgan fingerprint density at radius 3 is 2.67 bits per heavy atom. The molecule has 10 heteroatoms. The normalized spacial score (nSPS) is 14.2.